The molecular formula is C22H42N4. The van der Waals surface area contributed by atoms with Crippen LogP contribution in [0.3, 0.4) is 0 Å². The van der Waals surface area contributed by atoms with Gasteiger partial charge in [-0.05, 0) is 66.3 Å². The van der Waals surface area contributed by atoms with E-state index >= 15 is 0 Å². The molecule has 0 N–H and O–H groups in total. The van der Waals surface area contributed by atoms with Gasteiger partial charge in [0.1, 0.15) is 0 Å². The fraction of sp³-hybridized carbons (Fsp3) is 1.00. The van der Waals surface area contributed by atoms with E-state index in [1.807, 2.05) is 0 Å². The molecule has 6 unspecified atom stereocenters. The van der Waals surface area contributed by atoms with Gasteiger partial charge in [0, 0.05) is 68.5 Å². The monoisotopic (exact) mass is 362 g/mol. The number of likely N-dealkylation sites (N-methyl/N-ethyl adjacent to an activating group) is 1. The van der Waals surface area contributed by atoms with Gasteiger partial charge in [-0.15, -0.1) is 0 Å². The molecule has 0 aromatic heterocycles. The third kappa shape index (κ3) is 3.47. The number of rotatable bonds is 7. The zero-order valence-electron chi connectivity index (χ0n) is 17.9. The Hall–Kier alpha value is -0.160. The minimum absolute atomic E-state index is 0.722. The first-order chi connectivity index (χ1) is 12.5. The molecule has 4 rings (SSSR count). The van der Waals surface area contributed by atoms with Crippen molar-refractivity contribution in [1.29, 1.82) is 0 Å². The molecule has 4 fully saturated rings. The van der Waals surface area contributed by atoms with Crippen LogP contribution in [0.1, 0.15) is 66.7 Å². The van der Waals surface area contributed by atoms with E-state index in [9.17, 15) is 0 Å². The molecule has 0 aromatic carbocycles. The topological polar surface area (TPSA) is 13.0 Å². The van der Waals surface area contributed by atoms with E-state index in [2.05, 4.69) is 54.2 Å². The van der Waals surface area contributed by atoms with Gasteiger partial charge in [0.25, 0.3) is 0 Å². The molecule has 0 aliphatic carbocycles. The van der Waals surface area contributed by atoms with Crippen molar-refractivity contribution in [3.63, 3.8) is 0 Å². The van der Waals surface area contributed by atoms with E-state index in [-0.39, 0.29) is 0 Å². The number of hydrogen-bond acceptors (Lipinski definition) is 4. The average Bonchev–Trinajstić information content (AvgIpc) is 3.30. The van der Waals surface area contributed by atoms with Gasteiger partial charge in [0.15, 0.2) is 0 Å². The summed E-state index contributed by atoms with van der Waals surface area (Å²) in [5, 5.41) is 0. The highest BCUT2D eigenvalue weighted by molar-refractivity contribution is 5.02. The zero-order valence-corrected chi connectivity index (χ0v) is 17.9. The van der Waals surface area contributed by atoms with Crippen molar-refractivity contribution in [3.05, 3.63) is 0 Å². The van der Waals surface area contributed by atoms with E-state index in [1.54, 1.807) is 0 Å². The van der Waals surface area contributed by atoms with E-state index in [4.69, 9.17) is 0 Å². The Bertz CT molecular complexity index is 467. The van der Waals surface area contributed by atoms with Gasteiger partial charge in [-0.25, -0.2) is 0 Å². The maximum atomic E-state index is 2.91. The van der Waals surface area contributed by atoms with E-state index in [0.29, 0.717) is 0 Å². The Morgan fingerprint density at radius 1 is 0.731 bits per heavy atom. The predicted molar refractivity (Wildman–Crippen MR) is 110 cm³/mol. The highest BCUT2D eigenvalue weighted by atomic mass is 15.4. The zero-order chi connectivity index (χ0) is 18.4. The van der Waals surface area contributed by atoms with Gasteiger partial charge in [-0.3, -0.25) is 14.7 Å². The SMILES string of the molecule is CCN1CC2CCC(C1)N2C(C)CCC(C)N1CC2CC1CN2C(C)C. The summed E-state index contributed by atoms with van der Waals surface area (Å²) >= 11 is 0. The molecule has 0 amide bonds. The minimum Gasteiger partial charge on any atom is -0.301 e. The Kier molecular flexibility index (Phi) is 5.67. The van der Waals surface area contributed by atoms with Crippen LogP contribution in [-0.2, 0) is 0 Å². The van der Waals surface area contributed by atoms with Gasteiger partial charge in [0.2, 0.25) is 0 Å². The van der Waals surface area contributed by atoms with Crippen molar-refractivity contribution in [2.75, 3.05) is 32.7 Å². The highest BCUT2D eigenvalue weighted by Gasteiger charge is 2.46. The van der Waals surface area contributed by atoms with Crippen LogP contribution in [-0.4, -0.2) is 94.6 Å². The Morgan fingerprint density at radius 2 is 1.31 bits per heavy atom. The first kappa shape index (κ1) is 19.2. The molecule has 0 aromatic rings. The van der Waals surface area contributed by atoms with E-state index in [1.165, 1.54) is 64.8 Å². The fourth-order valence-electron chi connectivity index (χ4n) is 6.70. The number of nitrogens with zero attached hydrogens (tertiary/aromatic N) is 4. The van der Waals surface area contributed by atoms with Crippen molar-refractivity contribution < 1.29 is 0 Å². The Labute approximate surface area is 161 Å². The molecule has 4 aliphatic rings. The lowest BCUT2D eigenvalue weighted by atomic mass is 10.0. The van der Waals surface area contributed by atoms with Crippen LogP contribution < -0.4 is 0 Å². The second-order valence-electron chi connectivity index (χ2n) is 9.99. The average molecular weight is 363 g/mol. The smallest absolute Gasteiger partial charge is 0.0242 e. The molecule has 6 atom stereocenters. The molecule has 26 heavy (non-hydrogen) atoms. The van der Waals surface area contributed by atoms with Gasteiger partial charge < -0.3 is 4.90 Å². The highest BCUT2D eigenvalue weighted by Crippen LogP contribution is 2.36. The third-order valence-electron chi connectivity index (χ3n) is 8.13. The quantitative estimate of drug-likeness (QED) is 0.690. The van der Waals surface area contributed by atoms with Crippen molar-refractivity contribution in [1.82, 2.24) is 19.6 Å². The predicted octanol–water partition coefficient (Wildman–Crippen LogP) is 2.88. The van der Waals surface area contributed by atoms with Crippen LogP contribution in [0.15, 0.2) is 0 Å². The van der Waals surface area contributed by atoms with Crippen LogP contribution in [0.2, 0.25) is 0 Å². The normalized spacial score (nSPS) is 38.5. The molecule has 4 aliphatic heterocycles. The van der Waals surface area contributed by atoms with Gasteiger partial charge in [0.05, 0.1) is 0 Å². The molecule has 4 saturated heterocycles. The summed E-state index contributed by atoms with van der Waals surface area (Å²) in [6.07, 6.45) is 7.03. The lowest BCUT2D eigenvalue weighted by molar-refractivity contribution is 0.0311. The first-order valence-corrected chi connectivity index (χ1v) is 11.5. The van der Waals surface area contributed by atoms with Gasteiger partial charge in [-0.2, -0.15) is 0 Å². The first-order valence-electron chi connectivity index (χ1n) is 11.5. The fourth-order valence-corrected chi connectivity index (χ4v) is 6.70. The molecule has 0 saturated carbocycles. The van der Waals surface area contributed by atoms with Gasteiger partial charge >= 0.3 is 0 Å². The maximum absolute atomic E-state index is 2.91. The van der Waals surface area contributed by atoms with Crippen LogP contribution in [0.25, 0.3) is 0 Å². The van der Waals surface area contributed by atoms with Crippen LogP contribution in [0, 0.1) is 0 Å². The summed E-state index contributed by atoms with van der Waals surface area (Å²) in [4.78, 5) is 11.2. The molecule has 4 heterocycles. The molecule has 4 heteroatoms. The maximum Gasteiger partial charge on any atom is 0.0242 e. The second-order valence-corrected chi connectivity index (χ2v) is 9.99. The van der Waals surface area contributed by atoms with Crippen molar-refractivity contribution in [3.8, 4) is 0 Å². The molecular weight excluding hydrogens is 320 g/mol. The van der Waals surface area contributed by atoms with Crippen LogP contribution in [0.5, 0.6) is 0 Å². The van der Waals surface area contributed by atoms with Crippen LogP contribution >= 0.6 is 0 Å². The van der Waals surface area contributed by atoms with Crippen LogP contribution in [0.4, 0.5) is 0 Å². The number of fused-ring (bicyclic) bond motifs is 4. The summed E-state index contributed by atoms with van der Waals surface area (Å²) in [6, 6.07) is 5.58. The summed E-state index contributed by atoms with van der Waals surface area (Å²) in [7, 11) is 0. The van der Waals surface area contributed by atoms with E-state index in [0.717, 1.165) is 42.3 Å². The van der Waals surface area contributed by atoms with E-state index < -0.39 is 0 Å². The second kappa shape index (κ2) is 7.69. The molecule has 4 bridgehead atoms. The van der Waals surface area contributed by atoms with Crippen molar-refractivity contribution >= 4 is 0 Å². The molecule has 150 valence electrons. The van der Waals surface area contributed by atoms with Crippen molar-refractivity contribution in [2.45, 2.75) is 109 Å². The third-order valence-corrected chi connectivity index (χ3v) is 8.13. The lowest BCUT2D eigenvalue weighted by Crippen LogP contribution is -2.56. The number of piperazine rings is 2. The largest absolute Gasteiger partial charge is 0.301 e. The Balaban J connectivity index is 1.26. The molecule has 0 radical (unpaired) electrons. The summed E-state index contributed by atoms with van der Waals surface area (Å²) in [5.41, 5.74) is 0. The minimum atomic E-state index is 0.722. The lowest BCUT2D eigenvalue weighted by Gasteiger charge is -2.44. The standard InChI is InChI=1S/C22H42N4/c1-6-23-12-19-9-10-20(13-23)26(19)18(5)8-7-17(4)25-15-21-11-22(25)14-24(21)16(2)3/h16-22H,6-15H2,1-5H3. The van der Waals surface area contributed by atoms with Gasteiger partial charge in [-0.1, -0.05) is 6.92 Å². The summed E-state index contributed by atoms with van der Waals surface area (Å²) < 4.78 is 0. The molecule has 0 spiro atoms. The summed E-state index contributed by atoms with van der Waals surface area (Å²) in [5.74, 6) is 0. The Morgan fingerprint density at radius 3 is 1.85 bits per heavy atom. The number of likely N-dealkylation sites (tertiary alicyclic amines) is 3. The van der Waals surface area contributed by atoms with Crippen molar-refractivity contribution in [2.24, 2.45) is 0 Å². The summed E-state index contributed by atoms with van der Waals surface area (Å²) in [6.45, 7) is 18.5. The molecule has 4 nitrogen and oxygen atoms in total. The number of hydrogen-bond donors (Lipinski definition) is 0.